The highest BCUT2D eigenvalue weighted by molar-refractivity contribution is 5.81. The van der Waals surface area contributed by atoms with Gasteiger partial charge in [0.1, 0.15) is 11.6 Å². The molecule has 0 aliphatic carbocycles. The molecule has 1 aromatic heterocycles. The molecule has 0 spiro atoms. The van der Waals surface area contributed by atoms with E-state index in [9.17, 15) is 4.79 Å². The van der Waals surface area contributed by atoms with Gasteiger partial charge in [0.25, 0.3) is 5.91 Å². The largest absolute Gasteiger partial charge is 0.481 e. The van der Waals surface area contributed by atoms with Gasteiger partial charge in [-0.2, -0.15) is 5.26 Å². The van der Waals surface area contributed by atoms with Crippen LogP contribution in [0.15, 0.2) is 48.5 Å². The molecule has 0 saturated carbocycles. The molecule has 1 amide bonds. The lowest BCUT2D eigenvalue weighted by molar-refractivity contribution is -0.127. The number of benzene rings is 2. The Bertz CT molecular complexity index is 860. The molecule has 3 aromatic rings. The molecule has 1 unspecified atom stereocenters. The van der Waals surface area contributed by atoms with Crippen molar-refractivity contribution in [3.63, 3.8) is 0 Å². The summed E-state index contributed by atoms with van der Waals surface area (Å²) >= 11 is 0. The van der Waals surface area contributed by atoms with Gasteiger partial charge < -0.3 is 15.0 Å². The summed E-state index contributed by atoms with van der Waals surface area (Å²) in [5.74, 6) is 0.996. The van der Waals surface area contributed by atoms with Crippen LogP contribution in [-0.2, 0) is 11.3 Å². The number of nitrogens with zero attached hydrogens (tertiary/aromatic N) is 2. The zero-order chi connectivity index (χ0) is 16.9. The third-order valence-corrected chi connectivity index (χ3v) is 3.53. The highest BCUT2D eigenvalue weighted by Crippen LogP contribution is 2.14. The Morgan fingerprint density at radius 2 is 2.04 bits per heavy atom. The fourth-order valence-corrected chi connectivity index (χ4v) is 2.27. The maximum absolute atomic E-state index is 12.1. The first-order valence-corrected chi connectivity index (χ1v) is 7.54. The number of nitriles is 1. The number of aromatic nitrogens is 2. The lowest BCUT2D eigenvalue weighted by Gasteiger charge is -2.14. The minimum absolute atomic E-state index is 0.236. The zero-order valence-corrected chi connectivity index (χ0v) is 13.1. The van der Waals surface area contributed by atoms with Crippen LogP contribution >= 0.6 is 0 Å². The van der Waals surface area contributed by atoms with Gasteiger partial charge in [0, 0.05) is 0 Å². The number of carbonyl (C=O) groups is 1. The molecule has 120 valence electrons. The van der Waals surface area contributed by atoms with Gasteiger partial charge in [0.05, 0.1) is 29.2 Å². The van der Waals surface area contributed by atoms with E-state index in [1.165, 1.54) is 0 Å². The summed E-state index contributed by atoms with van der Waals surface area (Å²) in [4.78, 5) is 19.7. The number of rotatable bonds is 5. The Hall–Kier alpha value is -3.33. The summed E-state index contributed by atoms with van der Waals surface area (Å²) in [5, 5.41) is 11.6. The van der Waals surface area contributed by atoms with Crippen LogP contribution in [0.1, 0.15) is 18.3 Å². The average molecular weight is 320 g/mol. The van der Waals surface area contributed by atoms with E-state index in [1.54, 1.807) is 31.2 Å². The van der Waals surface area contributed by atoms with Gasteiger partial charge in [-0.25, -0.2) is 4.98 Å². The molecule has 6 heteroatoms. The second-order valence-electron chi connectivity index (χ2n) is 5.31. The van der Waals surface area contributed by atoms with Crippen molar-refractivity contribution >= 4 is 16.9 Å². The Morgan fingerprint density at radius 3 is 2.75 bits per heavy atom. The highest BCUT2D eigenvalue weighted by atomic mass is 16.5. The van der Waals surface area contributed by atoms with Crippen LogP contribution in [0.2, 0.25) is 0 Å². The van der Waals surface area contributed by atoms with Gasteiger partial charge in [-0.1, -0.05) is 12.1 Å². The van der Waals surface area contributed by atoms with Crippen molar-refractivity contribution in [1.82, 2.24) is 15.3 Å². The van der Waals surface area contributed by atoms with Crippen molar-refractivity contribution in [1.29, 1.82) is 5.26 Å². The number of carbonyl (C=O) groups excluding carboxylic acids is 1. The van der Waals surface area contributed by atoms with Crippen LogP contribution in [-0.4, -0.2) is 22.0 Å². The summed E-state index contributed by atoms with van der Waals surface area (Å²) in [5.41, 5.74) is 2.34. The van der Waals surface area contributed by atoms with Crippen LogP contribution in [0, 0.1) is 11.3 Å². The topological polar surface area (TPSA) is 90.8 Å². The predicted octanol–water partition coefficient (Wildman–Crippen LogP) is 2.52. The molecule has 1 atom stereocenters. The second kappa shape index (κ2) is 6.84. The number of hydrogen-bond donors (Lipinski definition) is 2. The van der Waals surface area contributed by atoms with E-state index in [4.69, 9.17) is 10.00 Å². The number of fused-ring (bicyclic) bond motifs is 1. The van der Waals surface area contributed by atoms with Crippen molar-refractivity contribution in [3.8, 4) is 11.8 Å². The van der Waals surface area contributed by atoms with Gasteiger partial charge in [0.2, 0.25) is 0 Å². The third kappa shape index (κ3) is 3.52. The van der Waals surface area contributed by atoms with Crippen molar-refractivity contribution in [2.24, 2.45) is 0 Å². The number of nitrogens with one attached hydrogen (secondary N) is 2. The first-order valence-electron chi connectivity index (χ1n) is 7.54. The molecular weight excluding hydrogens is 304 g/mol. The maximum Gasteiger partial charge on any atom is 0.261 e. The van der Waals surface area contributed by atoms with E-state index >= 15 is 0 Å². The van der Waals surface area contributed by atoms with Gasteiger partial charge >= 0.3 is 0 Å². The van der Waals surface area contributed by atoms with E-state index in [-0.39, 0.29) is 5.91 Å². The Morgan fingerprint density at radius 1 is 1.29 bits per heavy atom. The minimum Gasteiger partial charge on any atom is -0.481 e. The molecule has 0 aliphatic heterocycles. The molecule has 0 radical (unpaired) electrons. The number of hydrogen-bond acceptors (Lipinski definition) is 4. The molecule has 6 nitrogen and oxygen atoms in total. The standard InChI is InChI=1S/C18H16N4O2/c1-12(24-14-8-6-13(10-19)7-9-14)18(23)20-11-17-21-15-4-2-3-5-16(15)22-17/h2-9,12H,11H2,1H3,(H,20,23)(H,21,22). The number of H-pyrrole nitrogens is 1. The molecule has 24 heavy (non-hydrogen) atoms. The molecular formula is C18H16N4O2. The molecule has 2 N–H and O–H groups in total. The molecule has 0 bridgehead atoms. The Kier molecular flexibility index (Phi) is 4.43. The Labute approximate surface area is 139 Å². The van der Waals surface area contributed by atoms with Gasteiger partial charge in [-0.05, 0) is 43.3 Å². The smallest absolute Gasteiger partial charge is 0.261 e. The summed E-state index contributed by atoms with van der Waals surface area (Å²) < 4.78 is 5.57. The first-order chi connectivity index (χ1) is 11.7. The number of aromatic amines is 1. The predicted molar refractivity (Wildman–Crippen MR) is 89.2 cm³/mol. The quantitative estimate of drug-likeness (QED) is 0.755. The number of amides is 1. The number of ether oxygens (including phenoxy) is 1. The lowest BCUT2D eigenvalue weighted by Crippen LogP contribution is -2.36. The lowest BCUT2D eigenvalue weighted by atomic mass is 10.2. The van der Waals surface area contributed by atoms with Crippen LogP contribution in [0.3, 0.4) is 0 Å². The average Bonchev–Trinajstić information content (AvgIpc) is 3.03. The number of imidazole rings is 1. The van der Waals surface area contributed by atoms with Crippen molar-refractivity contribution in [2.45, 2.75) is 19.6 Å². The van der Waals surface area contributed by atoms with Crippen molar-refractivity contribution < 1.29 is 9.53 Å². The second-order valence-corrected chi connectivity index (χ2v) is 5.31. The van der Waals surface area contributed by atoms with E-state index in [1.807, 2.05) is 30.3 Å². The molecule has 2 aromatic carbocycles. The zero-order valence-electron chi connectivity index (χ0n) is 13.1. The maximum atomic E-state index is 12.1. The van der Waals surface area contributed by atoms with E-state index in [2.05, 4.69) is 15.3 Å². The first kappa shape index (κ1) is 15.6. The van der Waals surface area contributed by atoms with E-state index in [0.29, 0.717) is 23.7 Å². The summed E-state index contributed by atoms with van der Waals surface area (Å²) in [6.07, 6.45) is -0.651. The SMILES string of the molecule is CC(Oc1ccc(C#N)cc1)C(=O)NCc1nc2ccccc2[nH]1. The van der Waals surface area contributed by atoms with Crippen LogP contribution in [0.5, 0.6) is 5.75 Å². The van der Waals surface area contributed by atoms with Crippen LogP contribution in [0.4, 0.5) is 0 Å². The fourth-order valence-electron chi connectivity index (χ4n) is 2.27. The minimum atomic E-state index is -0.651. The summed E-state index contributed by atoms with van der Waals surface area (Å²) in [7, 11) is 0. The number of para-hydroxylation sites is 2. The van der Waals surface area contributed by atoms with Gasteiger partial charge in [0.15, 0.2) is 6.10 Å². The van der Waals surface area contributed by atoms with Gasteiger partial charge in [-0.3, -0.25) is 4.79 Å². The molecule has 0 saturated heterocycles. The molecule has 0 fully saturated rings. The monoisotopic (exact) mass is 320 g/mol. The molecule has 3 rings (SSSR count). The molecule has 0 aliphatic rings. The summed E-state index contributed by atoms with van der Waals surface area (Å²) in [6, 6.07) is 16.4. The van der Waals surface area contributed by atoms with Gasteiger partial charge in [-0.15, -0.1) is 0 Å². The van der Waals surface area contributed by atoms with Crippen molar-refractivity contribution in [3.05, 3.63) is 59.9 Å². The molecule has 1 heterocycles. The third-order valence-electron chi connectivity index (χ3n) is 3.53. The van der Waals surface area contributed by atoms with E-state index < -0.39 is 6.10 Å². The summed E-state index contributed by atoms with van der Waals surface area (Å²) in [6.45, 7) is 1.97. The van der Waals surface area contributed by atoms with E-state index in [0.717, 1.165) is 11.0 Å². The van der Waals surface area contributed by atoms with Crippen LogP contribution in [0.25, 0.3) is 11.0 Å². The normalized spacial score (nSPS) is 11.7. The van der Waals surface area contributed by atoms with Crippen LogP contribution < -0.4 is 10.1 Å². The highest BCUT2D eigenvalue weighted by Gasteiger charge is 2.15. The fraction of sp³-hybridized carbons (Fsp3) is 0.167. The van der Waals surface area contributed by atoms with Crippen molar-refractivity contribution in [2.75, 3.05) is 0 Å². The Balaban J connectivity index is 1.56.